The Hall–Kier alpha value is -0.970. The maximum absolute atomic E-state index is 3.97. The van der Waals surface area contributed by atoms with Gasteiger partial charge < -0.3 is 5.32 Å². The van der Waals surface area contributed by atoms with Crippen LogP contribution in [0.2, 0.25) is 0 Å². The van der Waals surface area contributed by atoms with E-state index in [1.54, 1.807) is 0 Å². The maximum atomic E-state index is 3.97. The molecule has 1 saturated carbocycles. The van der Waals surface area contributed by atoms with Gasteiger partial charge >= 0.3 is 0 Å². The lowest BCUT2D eigenvalue weighted by Crippen LogP contribution is -2.19. The molecule has 0 saturated heterocycles. The van der Waals surface area contributed by atoms with Crippen LogP contribution in [0.25, 0.3) is 0 Å². The first-order valence-corrected chi connectivity index (χ1v) is 4.88. The minimum atomic E-state index is 0.715. The van der Waals surface area contributed by atoms with E-state index < -0.39 is 0 Å². The lowest BCUT2D eigenvalue weighted by atomic mass is 10.4. The molecule has 0 radical (unpaired) electrons. The highest BCUT2D eigenvalue weighted by Crippen LogP contribution is 2.18. The Morgan fingerprint density at radius 3 is 3.08 bits per heavy atom. The fraction of sp³-hybridized carbons (Fsp3) is 0.875. The van der Waals surface area contributed by atoms with Crippen molar-refractivity contribution < 1.29 is 0 Å². The summed E-state index contributed by atoms with van der Waals surface area (Å²) < 4.78 is 1.87. The Morgan fingerprint density at radius 2 is 2.38 bits per heavy atom. The summed E-state index contributed by atoms with van der Waals surface area (Å²) in [7, 11) is 0. The normalized spacial score (nSPS) is 16.4. The molecule has 1 aromatic rings. The van der Waals surface area contributed by atoms with Crippen molar-refractivity contribution in [2.75, 3.05) is 0 Å². The first-order valence-electron chi connectivity index (χ1n) is 4.88. The third kappa shape index (κ3) is 2.24. The van der Waals surface area contributed by atoms with E-state index in [-0.39, 0.29) is 0 Å². The highest BCUT2D eigenvalue weighted by atomic mass is 15.5. The number of hydrogen-bond acceptors (Lipinski definition) is 4. The van der Waals surface area contributed by atoms with E-state index in [0.29, 0.717) is 6.04 Å². The summed E-state index contributed by atoms with van der Waals surface area (Å²) >= 11 is 0. The Balaban J connectivity index is 1.88. The first-order chi connectivity index (χ1) is 6.40. The largest absolute Gasteiger partial charge is 0.307 e. The van der Waals surface area contributed by atoms with Crippen molar-refractivity contribution in [1.29, 1.82) is 0 Å². The molecule has 1 aromatic heterocycles. The molecule has 1 heterocycles. The zero-order valence-electron chi connectivity index (χ0n) is 7.90. The number of hydrogen-bond donors (Lipinski definition) is 1. The minimum Gasteiger partial charge on any atom is -0.307 e. The smallest absolute Gasteiger partial charge is 0.165 e. The van der Waals surface area contributed by atoms with Crippen molar-refractivity contribution in [2.45, 2.75) is 45.3 Å². The number of aromatic nitrogens is 4. The highest BCUT2D eigenvalue weighted by molar-refractivity contribution is 4.86. The first kappa shape index (κ1) is 8.62. The second-order valence-electron chi connectivity index (χ2n) is 3.47. The van der Waals surface area contributed by atoms with Gasteiger partial charge in [0.2, 0.25) is 0 Å². The van der Waals surface area contributed by atoms with Crippen LogP contribution in [0.3, 0.4) is 0 Å². The van der Waals surface area contributed by atoms with E-state index in [4.69, 9.17) is 0 Å². The predicted molar refractivity (Wildman–Crippen MR) is 48.0 cm³/mol. The number of rotatable bonds is 5. The molecule has 72 valence electrons. The molecular weight excluding hydrogens is 166 g/mol. The summed E-state index contributed by atoms with van der Waals surface area (Å²) in [4.78, 5) is 0. The molecule has 2 rings (SSSR count). The molecule has 0 aromatic carbocycles. The molecule has 0 spiro atoms. The van der Waals surface area contributed by atoms with Gasteiger partial charge in [-0.15, -0.1) is 5.10 Å². The lowest BCUT2D eigenvalue weighted by molar-refractivity contribution is 0.533. The zero-order valence-corrected chi connectivity index (χ0v) is 7.90. The minimum absolute atomic E-state index is 0.715. The van der Waals surface area contributed by atoms with Gasteiger partial charge in [0.25, 0.3) is 0 Å². The van der Waals surface area contributed by atoms with E-state index in [9.17, 15) is 0 Å². The van der Waals surface area contributed by atoms with Crippen LogP contribution in [0.1, 0.15) is 32.0 Å². The van der Waals surface area contributed by atoms with Gasteiger partial charge in [0.1, 0.15) is 0 Å². The summed E-state index contributed by atoms with van der Waals surface area (Å²) in [6, 6.07) is 0.715. The average Bonchev–Trinajstić information content (AvgIpc) is 2.86. The van der Waals surface area contributed by atoms with Crippen molar-refractivity contribution >= 4 is 0 Å². The molecule has 0 unspecified atom stereocenters. The molecule has 5 heteroatoms. The average molecular weight is 181 g/mol. The molecule has 1 aliphatic carbocycles. The number of aryl methyl sites for hydroxylation is 1. The summed E-state index contributed by atoms with van der Waals surface area (Å²) in [6.07, 6.45) is 3.67. The molecule has 1 fully saturated rings. The van der Waals surface area contributed by atoms with Crippen molar-refractivity contribution in [1.82, 2.24) is 25.5 Å². The quantitative estimate of drug-likeness (QED) is 0.711. The standard InChI is InChI=1S/C8H15N5/c1-2-5-13-8(10-11-12-13)6-9-7-3-4-7/h7,9H,2-6H2,1H3. The molecule has 5 nitrogen and oxygen atoms in total. The van der Waals surface area contributed by atoms with Crippen LogP contribution in [0.4, 0.5) is 0 Å². The fourth-order valence-electron chi connectivity index (χ4n) is 1.26. The Bertz CT molecular complexity index is 265. The van der Waals surface area contributed by atoms with Gasteiger partial charge in [-0.25, -0.2) is 4.68 Å². The Kier molecular flexibility index (Phi) is 2.54. The molecule has 0 atom stereocenters. The van der Waals surface area contributed by atoms with E-state index >= 15 is 0 Å². The van der Waals surface area contributed by atoms with Crippen molar-refractivity contribution in [3.8, 4) is 0 Å². The lowest BCUT2D eigenvalue weighted by Gasteiger charge is -2.02. The molecule has 0 amide bonds. The summed E-state index contributed by atoms with van der Waals surface area (Å²) in [6.45, 7) is 3.84. The second-order valence-corrected chi connectivity index (χ2v) is 3.47. The van der Waals surface area contributed by atoms with Gasteiger partial charge in [-0.3, -0.25) is 0 Å². The van der Waals surface area contributed by atoms with Crippen LogP contribution in [0, 0.1) is 0 Å². The van der Waals surface area contributed by atoms with E-state index in [1.807, 2.05) is 4.68 Å². The van der Waals surface area contributed by atoms with Gasteiger partial charge in [-0.1, -0.05) is 6.92 Å². The van der Waals surface area contributed by atoms with E-state index in [1.165, 1.54) is 12.8 Å². The maximum Gasteiger partial charge on any atom is 0.165 e. The molecule has 0 bridgehead atoms. The number of nitrogens with zero attached hydrogens (tertiary/aromatic N) is 4. The third-order valence-electron chi connectivity index (χ3n) is 2.17. The van der Waals surface area contributed by atoms with Crippen LogP contribution in [-0.4, -0.2) is 26.2 Å². The van der Waals surface area contributed by atoms with E-state index in [0.717, 1.165) is 25.3 Å². The highest BCUT2D eigenvalue weighted by Gasteiger charge is 2.21. The Labute approximate surface area is 77.5 Å². The van der Waals surface area contributed by atoms with Gasteiger partial charge in [0.05, 0.1) is 6.54 Å². The van der Waals surface area contributed by atoms with Crippen LogP contribution < -0.4 is 5.32 Å². The predicted octanol–water partition coefficient (Wildman–Crippen LogP) is 0.335. The number of tetrazole rings is 1. The van der Waals surface area contributed by atoms with Gasteiger partial charge in [-0.05, 0) is 29.7 Å². The summed E-state index contributed by atoms with van der Waals surface area (Å²) in [5.74, 6) is 0.953. The van der Waals surface area contributed by atoms with Crippen LogP contribution >= 0.6 is 0 Å². The van der Waals surface area contributed by atoms with Crippen LogP contribution in [0.5, 0.6) is 0 Å². The van der Waals surface area contributed by atoms with Crippen molar-refractivity contribution in [2.24, 2.45) is 0 Å². The van der Waals surface area contributed by atoms with Gasteiger partial charge in [0.15, 0.2) is 5.82 Å². The zero-order chi connectivity index (χ0) is 9.10. The van der Waals surface area contributed by atoms with Crippen LogP contribution in [0.15, 0.2) is 0 Å². The molecule has 1 aliphatic rings. The molecule has 1 N–H and O–H groups in total. The SMILES string of the molecule is CCCn1nnnc1CNC1CC1. The van der Waals surface area contributed by atoms with E-state index in [2.05, 4.69) is 27.8 Å². The monoisotopic (exact) mass is 181 g/mol. The fourth-order valence-corrected chi connectivity index (χ4v) is 1.26. The second kappa shape index (κ2) is 3.83. The third-order valence-corrected chi connectivity index (χ3v) is 2.17. The topological polar surface area (TPSA) is 55.6 Å². The van der Waals surface area contributed by atoms with Gasteiger partial charge in [-0.2, -0.15) is 0 Å². The summed E-state index contributed by atoms with van der Waals surface area (Å²) in [5.41, 5.74) is 0. The van der Waals surface area contributed by atoms with Crippen molar-refractivity contribution in [3.05, 3.63) is 5.82 Å². The Morgan fingerprint density at radius 1 is 1.54 bits per heavy atom. The van der Waals surface area contributed by atoms with Crippen molar-refractivity contribution in [3.63, 3.8) is 0 Å². The summed E-state index contributed by atoms with van der Waals surface area (Å²) in [5, 5.41) is 15.0. The molecular formula is C8H15N5. The van der Waals surface area contributed by atoms with Crippen LogP contribution in [-0.2, 0) is 13.1 Å². The molecule has 13 heavy (non-hydrogen) atoms. The number of nitrogens with one attached hydrogen (secondary N) is 1. The van der Waals surface area contributed by atoms with Gasteiger partial charge in [0, 0.05) is 12.6 Å². The molecule has 0 aliphatic heterocycles.